The highest BCUT2D eigenvalue weighted by Crippen LogP contribution is 2.30. The van der Waals surface area contributed by atoms with E-state index in [1.807, 2.05) is 41.8 Å². The Hall–Kier alpha value is -1.92. The van der Waals surface area contributed by atoms with E-state index >= 15 is 0 Å². The van der Waals surface area contributed by atoms with Gasteiger partial charge < -0.3 is 9.84 Å². The summed E-state index contributed by atoms with van der Waals surface area (Å²) in [5, 5.41) is 9.89. The molecule has 24 heavy (non-hydrogen) atoms. The summed E-state index contributed by atoms with van der Waals surface area (Å²) in [5.74, 6) is 0.169. The second-order valence-corrected chi connectivity index (χ2v) is 7.48. The van der Waals surface area contributed by atoms with E-state index in [-0.39, 0.29) is 6.61 Å². The standard InChI is InChI=1S/C18H22N2O3S/c1-13-9-19-18(24-13)15-3-2-8-20(11-15)10-14-4-6-16(7-5-14)23-12-17(21)22/h4-7,9,15H,2-3,8,10-12H2,1H3,(H,21,22)/t15-/m0/s1. The zero-order chi connectivity index (χ0) is 16.9. The first-order valence-corrected chi connectivity index (χ1v) is 9.00. The molecule has 0 unspecified atom stereocenters. The Balaban J connectivity index is 1.56. The van der Waals surface area contributed by atoms with Crippen molar-refractivity contribution in [1.82, 2.24) is 9.88 Å². The summed E-state index contributed by atoms with van der Waals surface area (Å²) in [6.07, 6.45) is 4.38. The normalized spacial score (nSPS) is 18.5. The summed E-state index contributed by atoms with van der Waals surface area (Å²) >= 11 is 1.81. The van der Waals surface area contributed by atoms with Crippen LogP contribution in [0.4, 0.5) is 0 Å². The molecule has 1 atom stereocenters. The van der Waals surface area contributed by atoms with E-state index in [1.165, 1.54) is 28.3 Å². The number of aryl methyl sites for hydroxylation is 1. The maximum absolute atomic E-state index is 10.5. The number of carbonyl (C=O) groups is 1. The van der Waals surface area contributed by atoms with Gasteiger partial charge in [0, 0.05) is 30.1 Å². The lowest BCUT2D eigenvalue weighted by Gasteiger charge is -2.31. The molecule has 1 saturated heterocycles. The van der Waals surface area contributed by atoms with Gasteiger partial charge in [0.1, 0.15) is 5.75 Å². The van der Waals surface area contributed by atoms with Gasteiger partial charge in [-0.1, -0.05) is 12.1 Å². The van der Waals surface area contributed by atoms with E-state index in [4.69, 9.17) is 9.84 Å². The summed E-state index contributed by atoms with van der Waals surface area (Å²) in [6, 6.07) is 7.69. The van der Waals surface area contributed by atoms with Crippen LogP contribution in [0.1, 0.15) is 34.2 Å². The highest BCUT2D eigenvalue weighted by atomic mass is 32.1. The zero-order valence-corrected chi connectivity index (χ0v) is 14.6. The Morgan fingerprint density at radius 3 is 2.88 bits per heavy atom. The smallest absolute Gasteiger partial charge is 0.341 e. The molecule has 6 heteroatoms. The van der Waals surface area contributed by atoms with Gasteiger partial charge in [-0.05, 0) is 44.0 Å². The summed E-state index contributed by atoms with van der Waals surface area (Å²) in [6.45, 7) is 4.86. The van der Waals surface area contributed by atoms with Gasteiger partial charge in [-0.3, -0.25) is 4.90 Å². The highest BCUT2D eigenvalue weighted by Gasteiger charge is 2.23. The molecule has 0 radical (unpaired) electrons. The number of piperidine rings is 1. The molecule has 128 valence electrons. The van der Waals surface area contributed by atoms with E-state index in [2.05, 4.69) is 16.8 Å². The monoisotopic (exact) mass is 346 g/mol. The van der Waals surface area contributed by atoms with Crippen LogP contribution >= 0.6 is 11.3 Å². The van der Waals surface area contributed by atoms with Crippen molar-refractivity contribution in [3.8, 4) is 5.75 Å². The Bertz CT molecular complexity index is 684. The van der Waals surface area contributed by atoms with E-state index in [9.17, 15) is 4.79 Å². The Morgan fingerprint density at radius 1 is 1.42 bits per heavy atom. The van der Waals surface area contributed by atoms with E-state index in [1.54, 1.807) is 0 Å². The molecule has 0 aliphatic carbocycles. The number of likely N-dealkylation sites (tertiary alicyclic amines) is 1. The summed E-state index contributed by atoms with van der Waals surface area (Å²) in [4.78, 5) is 18.8. The Labute approximate surface area is 145 Å². The van der Waals surface area contributed by atoms with Crippen molar-refractivity contribution in [2.75, 3.05) is 19.7 Å². The molecule has 0 spiro atoms. The van der Waals surface area contributed by atoms with Gasteiger partial charge in [-0.15, -0.1) is 11.3 Å². The van der Waals surface area contributed by atoms with Crippen LogP contribution < -0.4 is 4.74 Å². The van der Waals surface area contributed by atoms with E-state index in [0.717, 1.165) is 19.6 Å². The number of aliphatic carboxylic acids is 1. The Morgan fingerprint density at radius 2 is 2.21 bits per heavy atom. The molecular weight excluding hydrogens is 324 g/mol. The number of thiazole rings is 1. The van der Waals surface area contributed by atoms with Crippen molar-refractivity contribution in [3.05, 3.63) is 45.9 Å². The fourth-order valence-electron chi connectivity index (χ4n) is 3.06. The van der Waals surface area contributed by atoms with Gasteiger partial charge in [-0.2, -0.15) is 0 Å². The van der Waals surface area contributed by atoms with Crippen LogP contribution in [0, 0.1) is 6.92 Å². The molecule has 2 aromatic rings. The van der Waals surface area contributed by atoms with Gasteiger partial charge in [0.05, 0.1) is 5.01 Å². The average Bonchev–Trinajstić information content (AvgIpc) is 3.01. The largest absolute Gasteiger partial charge is 0.482 e. The fraction of sp³-hybridized carbons (Fsp3) is 0.444. The van der Waals surface area contributed by atoms with Crippen LogP contribution in [-0.4, -0.2) is 40.7 Å². The highest BCUT2D eigenvalue weighted by molar-refractivity contribution is 7.11. The molecule has 1 aliphatic rings. The van der Waals surface area contributed by atoms with Gasteiger partial charge >= 0.3 is 5.97 Å². The first-order valence-electron chi connectivity index (χ1n) is 8.18. The lowest BCUT2D eigenvalue weighted by Crippen LogP contribution is -2.33. The minimum Gasteiger partial charge on any atom is -0.482 e. The number of rotatable bonds is 6. The van der Waals surface area contributed by atoms with Crippen molar-refractivity contribution < 1.29 is 14.6 Å². The maximum Gasteiger partial charge on any atom is 0.341 e. The molecule has 5 nitrogen and oxygen atoms in total. The second-order valence-electron chi connectivity index (χ2n) is 6.21. The minimum atomic E-state index is -0.962. The predicted molar refractivity (Wildman–Crippen MR) is 93.7 cm³/mol. The number of nitrogens with zero attached hydrogens (tertiary/aromatic N) is 2. The van der Waals surface area contributed by atoms with Crippen LogP contribution in [0.2, 0.25) is 0 Å². The van der Waals surface area contributed by atoms with Crippen LogP contribution in [0.3, 0.4) is 0 Å². The van der Waals surface area contributed by atoms with Crippen molar-refractivity contribution in [2.24, 2.45) is 0 Å². The summed E-state index contributed by atoms with van der Waals surface area (Å²) in [7, 11) is 0. The van der Waals surface area contributed by atoms with Crippen molar-refractivity contribution >= 4 is 17.3 Å². The van der Waals surface area contributed by atoms with Crippen molar-refractivity contribution in [3.63, 3.8) is 0 Å². The van der Waals surface area contributed by atoms with E-state index in [0.29, 0.717) is 11.7 Å². The van der Waals surface area contributed by atoms with Crippen molar-refractivity contribution in [2.45, 2.75) is 32.2 Å². The number of hydrogen-bond donors (Lipinski definition) is 1. The van der Waals surface area contributed by atoms with E-state index < -0.39 is 5.97 Å². The molecule has 0 bridgehead atoms. The summed E-state index contributed by atoms with van der Waals surface area (Å²) in [5.41, 5.74) is 1.22. The topological polar surface area (TPSA) is 62.7 Å². The average molecular weight is 346 g/mol. The molecule has 0 amide bonds. The van der Waals surface area contributed by atoms with Crippen molar-refractivity contribution in [1.29, 1.82) is 0 Å². The molecule has 3 rings (SSSR count). The lowest BCUT2D eigenvalue weighted by atomic mass is 9.98. The fourth-order valence-corrected chi connectivity index (χ4v) is 3.96. The third kappa shape index (κ3) is 4.55. The SMILES string of the molecule is Cc1cnc([C@H]2CCCN(Cc3ccc(OCC(=O)O)cc3)C2)s1. The molecular formula is C18H22N2O3S. The van der Waals surface area contributed by atoms with Gasteiger partial charge in [0.2, 0.25) is 0 Å². The minimum absolute atomic E-state index is 0.305. The molecule has 1 aromatic carbocycles. The van der Waals surface area contributed by atoms with Gasteiger partial charge in [0.25, 0.3) is 0 Å². The van der Waals surface area contributed by atoms with Crippen LogP contribution in [0.15, 0.2) is 30.5 Å². The first kappa shape index (κ1) is 16.9. The lowest BCUT2D eigenvalue weighted by molar-refractivity contribution is -0.139. The molecule has 1 aromatic heterocycles. The molecule has 1 N–H and O–H groups in total. The number of ether oxygens (including phenoxy) is 1. The molecule has 1 fully saturated rings. The third-order valence-electron chi connectivity index (χ3n) is 4.19. The predicted octanol–water partition coefficient (Wildman–Crippen LogP) is 3.29. The first-order chi connectivity index (χ1) is 11.6. The summed E-state index contributed by atoms with van der Waals surface area (Å²) < 4.78 is 5.17. The van der Waals surface area contributed by atoms with Gasteiger partial charge in [0.15, 0.2) is 6.61 Å². The second kappa shape index (κ2) is 7.77. The third-order valence-corrected chi connectivity index (χ3v) is 5.26. The number of carboxylic acid groups (broad SMARTS) is 1. The maximum atomic E-state index is 10.5. The number of hydrogen-bond acceptors (Lipinski definition) is 5. The Kier molecular flexibility index (Phi) is 5.48. The van der Waals surface area contributed by atoms with Gasteiger partial charge in [-0.25, -0.2) is 9.78 Å². The number of benzene rings is 1. The number of aromatic nitrogens is 1. The number of carboxylic acids is 1. The molecule has 0 saturated carbocycles. The van der Waals surface area contributed by atoms with Crippen LogP contribution in [-0.2, 0) is 11.3 Å². The molecule has 2 heterocycles. The van der Waals surface area contributed by atoms with Crippen LogP contribution in [0.25, 0.3) is 0 Å². The quantitative estimate of drug-likeness (QED) is 0.869. The molecule has 1 aliphatic heterocycles. The zero-order valence-electron chi connectivity index (χ0n) is 13.8. The van der Waals surface area contributed by atoms with Crippen LogP contribution in [0.5, 0.6) is 5.75 Å².